The molecule has 3 rings (SSSR count). The van der Waals surface area contributed by atoms with Crippen LogP contribution in [-0.4, -0.2) is 35.9 Å². The minimum atomic E-state index is -4.07. The molecule has 1 atom stereocenters. The second-order valence-electron chi connectivity index (χ2n) is 5.27. The molecule has 1 saturated heterocycles. The molecule has 0 bridgehead atoms. The van der Waals surface area contributed by atoms with Crippen LogP contribution in [0.2, 0.25) is 0 Å². The third-order valence-electron chi connectivity index (χ3n) is 3.74. The second-order valence-corrected chi connectivity index (χ2v) is 6.80. The molecule has 1 unspecified atom stereocenters. The van der Waals surface area contributed by atoms with Crippen molar-refractivity contribution in [3.8, 4) is 11.4 Å². The Morgan fingerprint density at radius 1 is 1.25 bits per heavy atom. The molecule has 1 amide bonds. The van der Waals surface area contributed by atoms with Gasteiger partial charge in [0.15, 0.2) is 5.82 Å². The number of benzene rings is 1. The summed E-state index contributed by atoms with van der Waals surface area (Å²) >= 11 is 0. The average Bonchev–Trinajstić information content (AvgIpc) is 3.07. The van der Waals surface area contributed by atoms with E-state index in [-0.39, 0.29) is 21.8 Å². The zero-order chi connectivity index (χ0) is 17.3. The normalized spacial score (nSPS) is 17.8. The van der Waals surface area contributed by atoms with Crippen LogP contribution in [0.15, 0.2) is 29.7 Å². The Balaban J connectivity index is 2.34. The topological polar surface area (TPSA) is 151 Å². The van der Waals surface area contributed by atoms with Gasteiger partial charge in [-0.05, 0) is 25.0 Å². The highest BCUT2D eigenvalue weighted by atomic mass is 32.2. The van der Waals surface area contributed by atoms with Gasteiger partial charge < -0.3 is 10.5 Å². The van der Waals surface area contributed by atoms with Gasteiger partial charge in [-0.1, -0.05) is 0 Å². The number of ether oxygens (including phenoxy) is 1. The van der Waals surface area contributed by atoms with Crippen LogP contribution in [0.4, 0.5) is 0 Å². The minimum absolute atomic E-state index is 0.000347. The molecule has 0 saturated carbocycles. The first kappa shape index (κ1) is 16.4. The highest BCUT2D eigenvalue weighted by molar-refractivity contribution is 7.89. The zero-order valence-electron chi connectivity index (χ0n) is 12.5. The molecule has 126 valence electrons. The fourth-order valence-corrected chi connectivity index (χ4v) is 3.60. The van der Waals surface area contributed by atoms with E-state index >= 15 is 0 Å². The molecule has 0 radical (unpaired) electrons. The number of aromatic nitrogens is 3. The summed E-state index contributed by atoms with van der Waals surface area (Å²) in [5, 5.41) is 5.31. The van der Waals surface area contributed by atoms with E-state index in [1.807, 2.05) is 0 Å². The maximum Gasteiger partial charge on any atom is 0.249 e. The predicted octanol–water partition coefficient (Wildman–Crippen LogP) is 0.136. The number of nitrogens with zero attached hydrogens (tertiary/aromatic N) is 3. The van der Waals surface area contributed by atoms with E-state index < -0.39 is 22.0 Å². The summed E-state index contributed by atoms with van der Waals surface area (Å²) in [5.74, 6) is -0.597. The van der Waals surface area contributed by atoms with Crippen molar-refractivity contribution in [1.82, 2.24) is 15.0 Å². The van der Waals surface area contributed by atoms with E-state index in [1.54, 1.807) is 0 Å². The van der Waals surface area contributed by atoms with Crippen LogP contribution in [0.1, 0.15) is 34.9 Å². The van der Waals surface area contributed by atoms with Gasteiger partial charge in [-0.15, -0.1) is 0 Å². The molecule has 1 fully saturated rings. The van der Waals surface area contributed by atoms with Gasteiger partial charge in [-0.2, -0.15) is 0 Å². The molecule has 9 nitrogen and oxygen atoms in total. The van der Waals surface area contributed by atoms with Crippen LogP contribution in [0.3, 0.4) is 0 Å². The number of hydrogen-bond acceptors (Lipinski definition) is 7. The lowest BCUT2D eigenvalue weighted by Crippen LogP contribution is -2.23. The van der Waals surface area contributed by atoms with Crippen LogP contribution >= 0.6 is 0 Å². The summed E-state index contributed by atoms with van der Waals surface area (Å²) in [6, 6.07) is 2.73. The standard InChI is InChI=1S/C14H15N5O4S/c15-13(20)11-8(14-18-6-17-7-19-14)3-4-10(24(16,21)22)12(11)9-2-1-5-23-9/h3-4,6-7,9H,1-2,5H2,(H2,15,20)(H2,16,21,22). The number of primary sulfonamides is 1. The molecular formula is C14H15N5O4S. The Labute approximate surface area is 138 Å². The molecule has 0 spiro atoms. The Morgan fingerprint density at radius 2 is 1.96 bits per heavy atom. The van der Waals surface area contributed by atoms with Crippen LogP contribution in [0, 0.1) is 0 Å². The number of nitrogens with two attached hydrogens (primary N) is 2. The van der Waals surface area contributed by atoms with Gasteiger partial charge in [0, 0.05) is 17.7 Å². The highest BCUT2D eigenvalue weighted by Gasteiger charge is 2.32. The molecule has 2 heterocycles. The number of carbonyl (C=O) groups excluding carboxylic acids is 1. The van der Waals surface area contributed by atoms with Gasteiger partial charge in [0.25, 0.3) is 0 Å². The second kappa shape index (κ2) is 6.23. The molecule has 1 aromatic heterocycles. The molecule has 1 aromatic carbocycles. The molecule has 2 aromatic rings. The Kier molecular flexibility index (Phi) is 4.26. The van der Waals surface area contributed by atoms with Crippen molar-refractivity contribution in [3.63, 3.8) is 0 Å². The van der Waals surface area contributed by atoms with Crippen molar-refractivity contribution >= 4 is 15.9 Å². The van der Waals surface area contributed by atoms with Gasteiger partial charge in [-0.3, -0.25) is 4.79 Å². The van der Waals surface area contributed by atoms with Gasteiger partial charge in [0.1, 0.15) is 12.7 Å². The Morgan fingerprint density at radius 3 is 2.50 bits per heavy atom. The van der Waals surface area contributed by atoms with Gasteiger partial charge in [0.2, 0.25) is 15.9 Å². The third-order valence-corrected chi connectivity index (χ3v) is 4.71. The molecule has 1 aliphatic rings. The van der Waals surface area contributed by atoms with Gasteiger partial charge in [-0.25, -0.2) is 28.5 Å². The van der Waals surface area contributed by atoms with Crippen molar-refractivity contribution in [3.05, 3.63) is 35.9 Å². The third kappa shape index (κ3) is 2.98. The van der Waals surface area contributed by atoms with Crippen molar-refractivity contribution in [1.29, 1.82) is 0 Å². The maximum absolute atomic E-state index is 12.1. The number of amides is 1. The summed E-state index contributed by atoms with van der Waals surface area (Å²) in [5.41, 5.74) is 6.01. The molecule has 0 aliphatic carbocycles. The zero-order valence-corrected chi connectivity index (χ0v) is 13.4. The van der Waals surface area contributed by atoms with Crippen LogP contribution in [0.25, 0.3) is 11.4 Å². The molecule has 4 N–H and O–H groups in total. The quantitative estimate of drug-likeness (QED) is 0.796. The fourth-order valence-electron chi connectivity index (χ4n) is 2.80. The van der Waals surface area contributed by atoms with Crippen LogP contribution in [0.5, 0.6) is 0 Å². The van der Waals surface area contributed by atoms with Gasteiger partial charge >= 0.3 is 0 Å². The summed E-state index contributed by atoms with van der Waals surface area (Å²) in [7, 11) is -4.07. The molecule has 24 heavy (non-hydrogen) atoms. The molecule has 10 heteroatoms. The van der Waals surface area contributed by atoms with E-state index in [0.29, 0.717) is 18.6 Å². The first-order valence-electron chi connectivity index (χ1n) is 7.13. The summed E-state index contributed by atoms with van der Waals surface area (Å²) in [6.45, 7) is 0.461. The first-order valence-corrected chi connectivity index (χ1v) is 8.67. The number of rotatable bonds is 4. The summed E-state index contributed by atoms with van der Waals surface area (Å²) < 4.78 is 29.5. The number of carbonyl (C=O) groups is 1. The number of primary amides is 1. The van der Waals surface area contributed by atoms with E-state index in [9.17, 15) is 13.2 Å². The SMILES string of the molecule is NC(=O)c1c(-c2ncncn2)ccc(S(N)(=O)=O)c1C1CCCO1. The lowest BCUT2D eigenvalue weighted by Gasteiger charge is -2.19. The highest BCUT2D eigenvalue weighted by Crippen LogP contribution is 2.38. The number of sulfonamides is 1. The lowest BCUT2D eigenvalue weighted by atomic mass is 9.94. The average molecular weight is 349 g/mol. The maximum atomic E-state index is 12.1. The Hall–Kier alpha value is -2.43. The van der Waals surface area contributed by atoms with E-state index in [4.69, 9.17) is 15.6 Å². The fraction of sp³-hybridized carbons (Fsp3) is 0.286. The monoisotopic (exact) mass is 349 g/mol. The van der Waals surface area contributed by atoms with Crippen LogP contribution < -0.4 is 10.9 Å². The van der Waals surface area contributed by atoms with Crippen LogP contribution in [-0.2, 0) is 14.8 Å². The van der Waals surface area contributed by atoms with Gasteiger partial charge in [0.05, 0.1) is 16.6 Å². The van der Waals surface area contributed by atoms with E-state index in [1.165, 1.54) is 24.8 Å². The van der Waals surface area contributed by atoms with Crippen molar-refractivity contribution in [2.24, 2.45) is 10.9 Å². The number of hydrogen-bond donors (Lipinski definition) is 2. The molecule has 1 aliphatic heterocycles. The van der Waals surface area contributed by atoms with E-state index in [0.717, 1.165) is 6.42 Å². The summed E-state index contributed by atoms with van der Waals surface area (Å²) in [6.07, 6.45) is 3.26. The molecular weight excluding hydrogens is 334 g/mol. The van der Waals surface area contributed by atoms with Crippen molar-refractivity contribution in [2.75, 3.05) is 6.61 Å². The minimum Gasteiger partial charge on any atom is -0.373 e. The van der Waals surface area contributed by atoms with E-state index in [2.05, 4.69) is 15.0 Å². The predicted molar refractivity (Wildman–Crippen MR) is 83.1 cm³/mol. The first-order chi connectivity index (χ1) is 11.4. The van der Waals surface area contributed by atoms with Crippen molar-refractivity contribution in [2.45, 2.75) is 23.8 Å². The largest absolute Gasteiger partial charge is 0.373 e. The smallest absolute Gasteiger partial charge is 0.249 e. The lowest BCUT2D eigenvalue weighted by molar-refractivity contribution is 0.0963. The summed E-state index contributed by atoms with van der Waals surface area (Å²) in [4.78, 5) is 23.7. The van der Waals surface area contributed by atoms with Crippen molar-refractivity contribution < 1.29 is 17.9 Å². The Bertz CT molecular complexity index is 880.